The molecule has 0 fully saturated rings. The van der Waals surface area contributed by atoms with Gasteiger partial charge in [-0.25, -0.2) is 15.0 Å². The van der Waals surface area contributed by atoms with Gasteiger partial charge in [-0.05, 0) is 0 Å². The lowest BCUT2D eigenvalue weighted by Crippen LogP contribution is -2.03. The normalized spacial score (nSPS) is 10.3. The number of nitrogen functional groups attached to an aromatic ring is 1. The largest absolute Gasteiger partial charge is 0.467 e. The minimum absolute atomic E-state index is 0.118. The molecule has 2 heterocycles. The minimum Gasteiger partial charge on any atom is -0.467 e. The van der Waals surface area contributed by atoms with Gasteiger partial charge in [0.2, 0.25) is 5.95 Å². The van der Waals surface area contributed by atoms with Crippen molar-refractivity contribution in [2.45, 2.75) is 0 Å². The second-order valence-electron chi connectivity index (χ2n) is 4.19. The van der Waals surface area contributed by atoms with Gasteiger partial charge in [0.1, 0.15) is 11.4 Å². The van der Waals surface area contributed by atoms with Crippen molar-refractivity contribution in [2.24, 2.45) is 0 Å². The number of anilines is 1. The summed E-state index contributed by atoms with van der Waals surface area (Å²) in [6.07, 6.45) is 3.22. The van der Waals surface area contributed by atoms with Crippen molar-refractivity contribution in [2.75, 3.05) is 12.8 Å². The molecule has 0 amide bonds. The molecule has 0 spiro atoms. The SMILES string of the molecule is COc1ncc(-c2nnc(N)nc2-c2ccccc2)cn1. The second kappa shape index (κ2) is 5.49. The lowest BCUT2D eigenvalue weighted by molar-refractivity contribution is 0.380. The van der Waals surface area contributed by atoms with Crippen LogP contribution in [0, 0.1) is 0 Å². The van der Waals surface area contributed by atoms with Crippen LogP contribution in [0.3, 0.4) is 0 Å². The third kappa shape index (κ3) is 2.62. The minimum atomic E-state index is 0.118. The Morgan fingerprint density at radius 2 is 1.62 bits per heavy atom. The number of ether oxygens (including phenoxy) is 1. The third-order valence-electron chi connectivity index (χ3n) is 2.83. The number of hydrogen-bond acceptors (Lipinski definition) is 7. The van der Waals surface area contributed by atoms with Crippen LogP contribution in [0.5, 0.6) is 6.01 Å². The van der Waals surface area contributed by atoms with E-state index in [1.807, 2.05) is 30.3 Å². The molecule has 0 aliphatic rings. The molecule has 2 N–H and O–H groups in total. The average molecular weight is 280 g/mol. The summed E-state index contributed by atoms with van der Waals surface area (Å²) in [4.78, 5) is 12.4. The molecule has 0 atom stereocenters. The van der Waals surface area contributed by atoms with E-state index < -0.39 is 0 Å². The average Bonchev–Trinajstić information content (AvgIpc) is 2.56. The summed E-state index contributed by atoms with van der Waals surface area (Å²) < 4.78 is 4.95. The van der Waals surface area contributed by atoms with E-state index in [0.29, 0.717) is 17.0 Å². The number of aromatic nitrogens is 5. The van der Waals surface area contributed by atoms with E-state index in [1.165, 1.54) is 7.11 Å². The Kier molecular flexibility index (Phi) is 3.38. The standard InChI is InChI=1S/C14H12N6O/c1-21-14-16-7-10(8-17-14)12-11(18-13(15)20-19-12)9-5-3-2-4-6-9/h2-8H,1H3,(H2,15,18,20). The van der Waals surface area contributed by atoms with Crippen molar-refractivity contribution in [1.29, 1.82) is 0 Å². The number of rotatable bonds is 3. The summed E-state index contributed by atoms with van der Waals surface area (Å²) in [5.74, 6) is 0.118. The van der Waals surface area contributed by atoms with Crippen molar-refractivity contribution in [1.82, 2.24) is 25.1 Å². The summed E-state index contributed by atoms with van der Waals surface area (Å²) in [6.45, 7) is 0. The van der Waals surface area contributed by atoms with Gasteiger partial charge < -0.3 is 10.5 Å². The molecule has 0 unspecified atom stereocenters. The second-order valence-corrected chi connectivity index (χ2v) is 4.19. The van der Waals surface area contributed by atoms with E-state index >= 15 is 0 Å². The summed E-state index contributed by atoms with van der Waals surface area (Å²) in [6, 6.07) is 9.91. The number of methoxy groups -OCH3 is 1. The van der Waals surface area contributed by atoms with Crippen molar-refractivity contribution in [3.8, 4) is 28.5 Å². The van der Waals surface area contributed by atoms with Crippen LogP contribution in [-0.4, -0.2) is 32.3 Å². The van der Waals surface area contributed by atoms with Gasteiger partial charge in [-0.2, -0.15) is 0 Å². The van der Waals surface area contributed by atoms with Gasteiger partial charge in [0.15, 0.2) is 0 Å². The Morgan fingerprint density at radius 1 is 0.905 bits per heavy atom. The Hall–Kier alpha value is -3.09. The van der Waals surface area contributed by atoms with E-state index in [4.69, 9.17) is 10.5 Å². The van der Waals surface area contributed by atoms with Gasteiger partial charge in [-0.3, -0.25) is 0 Å². The number of nitrogens with zero attached hydrogens (tertiary/aromatic N) is 5. The highest BCUT2D eigenvalue weighted by Gasteiger charge is 2.13. The molecule has 1 aromatic carbocycles. The lowest BCUT2D eigenvalue weighted by atomic mass is 10.1. The summed E-state index contributed by atoms with van der Waals surface area (Å²) in [5, 5.41) is 7.94. The van der Waals surface area contributed by atoms with E-state index in [0.717, 1.165) is 5.56 Å². The quantitative estimate of drug-likeness (QED) is 0.777. The summed E-state index contributed by atoms with van der Waals surface area (Å²) in [7, 11) is 1.51. The van der Waals surface area contributed by atoms with Crippen LogP contribution in [0.1, 0.15) is 0 Å². The van der Waals surface area contributed by atoms with E-state index in [-0.39, 0.29) is 12.0 Å². The zero-order valence-electron chi connectivity index (χ0n) is 11.3. The summed E-state index contributed by atoms with van der Waals surface area (Å²) >= 11 is 0. The number of nitrogens with two attached hydrogens (primary N) is 1. The van der Waals surface area contributed by atoms with Gasteiger partial charge >= 0.3 is 6.01 Å². The maximum Gasteiger partial charge on any atom is 0.316 e. The van der Waals surface area contributed by atoms with Gasteiger partial charge in [-0.15, -0.1) is 10.2 Å². The smallest absolute Gasteiger partial charge is 0.316 e. The molecule has 21 heavy (non-hydrogen) atoms. The molecular weight excluding hydrogens is 268 g/mol. The molecule has 0 aliphatic carbocycles. The number of benzene rings is 1. The molecule has 0 saturated heterocycles. The van der Waals surface area contributed by atoms with Crippen LogP contribution in [-0.2, 0) is 0 Å². The van der Waals surface area contributed by atoms with Gasteiger partial charge in [-0.1, -0.05) is 30.3 Å². The molecule has 2 aromatic heterocycles. The fraction of sp³-hybridized carbons (Fsp3) is 0.0714. The molecule has 0 bridgehead atoms. The van der Waals surface area contributed by atoms with Gasteiger partial charge in [0, 0.05) is 23.5 Å². The van der Waals surface area contributed by atoms with Gasteiger partial charge in [0.05, 0.1) is 7.11 Å². The topological polar surface area (TPSA) is 99.7 Å². The van der Waals surface area contributed by atoms with Crippen molar-refractivity contribution < 1.29 is 4.74 Å². The molecular formula is C14H12N6O. The predicted molar refractivity (Wildman–Crippen MR) is 77.3 cm³/mol. The highest BCUT2D eigenvalue weighted by molar-refractivity contribution is 5.77. The number of hydrogen-bond donors (Lipinski definition) is 1. The molecule has 3 aromatic rings. The van der Waals surface area contributed by atoms with Crippen LogP contribution in [0.15, 0.2) is 42.7 Å². The fourth-order valence-corrected chi connectivity index (χ4v) is 1.87. The zero-order chi connectivity index (χ0) is 14.7. The zero-order valence-corrected chi connectivity index (χ0v) is 11.3. The maximum atomic E-state index is 5.65. The van der Waals surface area contributed by atoms with Crippen molar-refractivity contribution >= 4 is 5.95 Å². The first kappa shape index (κ1) is 12.9. The summed E-state index contributed by atoms with van der Waals surface area (Å²) in [5.41, 5.74) is 8.44. The van der Waals surface area contributed by atoms with Crippen LogP contribution < -0.4 is 10.5 Å². The molecule has 0 aliphatic heterocycles. The van der Waals surface area contributed by atoms with Crippen LogP contribution >= 0.6 is 0 Å². The third-order valence-corrected chi connectivity index (χ3v) is 2.83. The highest BCUT2D eigenvalue weighted by Crippen LogP contribution is 2.27. The molecule has 7 nitrogen and oxygen atoms in total. The first-order valence-corrected chi connectivity index (χ1v) is 6.20. The molecule has 7 heteroatoms. The van der Waals surface area contributed by atoms with E-state index in [2.05, 4.69) is 25.1 Å². The fourth-order valence-electron chi connectivity index (χ4n) is 1.87. The van der Waals surface area contributed by atoms with Crippen LogP contribution in [0.4, 0.5) is 5.95 Å². The van der Waals surface area contributed by atoms with Gasteiger partial charge in [0.25, 0.3) is 0 Å². The Balaban J connectivity index is 2.13. The first-order chi connectivity index (χ1) is 10.3. The molecule has 104 valence electrons. The van der Waals surface area contributed by atoms with Crippen molar-refractivity contribution in [3.63, 3.8) is 0 Å². The Bertz CT molecular complexity index is 745. The predicted octanol–water partition coefficient (Wildman–Crippen LogP) is 1.59. The van der Waals surface area contributed by atoms with Crippen LogP contribution in [0.2, 0.25) is 0 Å². The Morgan fingerprint density at radius 3 is 2.29 bits per heavy atom. The van der Waals surface area contributed by atoms with Crippen LogP contribution in [0.25, 0.3) is 22.5 Å². The molecule has 3 rings (SSSR count). The Labute approximate surface area is 120 Å². The highest BCUT2D eigenvalue weighted by atomic mass is 16.5. The van der Waals surface area contributed by atoms with Crippen molar-refractivity contribution in [3.05, 3.63) is 42.7 Å². The lowest BCUT2D eigenvalue weighted by Gasteiger charge is -2.07. The van der Waals surface area contributed by atoms with E-state index in [1.54, 1.807) is 12.4 Å². The molecule has 0 radical (unpaired) electrons. The first-order valence-electron chi connectivity index (χ1n) is 6.20. The monoisotopic (exact) mass is 280 g/mol. The molecule has 0 saturated carbocycles. The maximum absolute atomic E-state index is 5.65. The van der Waals surface area contributed by atoms with E-state index in [9.17, 15) is 0 Å².